The summed E-state index contributed by atoms with van der Waals surface area (Å²) in [4.78, 5) is 12.4. The molecule has 0 bridgehead atoms. The molecule has 1 aliphatic rings. The smallest absolute Gasteiger partial charge is 0.155 e. The van der Waals surface area contributed by atoms with Gasteiger partial charge in [0.05, 0.1) is 5.69 Å². The highest BCUT2D eigenvalue weighted by Gasteiger charge is 2.17. The van der Waals surface area contributed by atoms with E-state index < -0.39 is 0 Å². The summed E-state index contributed by atoms with van der Waals surface area (Å²) in [6, 6.07) is 12.7. The van der Waals surface area contributed by atoms with Crippen LogP contribution in [0.15, 0.2) is 60.9 Å². The molecule has 4 aromatic heterocycles. The number of halogens is 1. The maximum absolute atomic E-state index is 14.4. The van der Waals surface area contributed by atoms with Gasteiger partial charge in [0.15, 0.2) is 5.65 Å². The molecule has 0 amide bonds. The normalized spacial score (nSPS) is 14.3. The van der Waals surface area contributed by atoms with Crippen LogP contribution < -0.4 is 5.32 Å². The predicted molar refractivity (Wildman–Crippen MR) is 120 cm³/mol. The van der Waals surface area contributed by atoms with Crippen molar-refractivity contribution >= 4 is 27.6 Å². The number of aromatic amines is 2. The molecule has 152 valence electrons. The third-order valence-electron chi connectivity index (χ3n) is 5.80. The highest BCUT2D eigenvalue weighted by molar-refractivity contribution is 5.99. The molecule has 1 aliphatic heterocycles. The number of hydrogen-bond donors (Lipinski definition) is 3. The topological polar surface area (TPSA) is 82.3 Å². The van der Waals surface area contributed by atoms with Gasteiger partial charge in [0.25, 0.3) is 0 Å². The van der Waals surface area contributed by atoms with Crippen molar-refractivity contribution in [1.29, 1.82) is 0 Å². The van der Waals surface area contributed by atoms with Crippen LogP contribution in [0, 0.1) is 5.82 Å². The fourth-order valence-electron chi connectivity index (χ4n) is 4.24. The SMILES string of the molecule is Fc1ccccc1-c1ccnc2[nH]c(-c3n[nH]c4ncc(C5=CCNCC5)cc34)cc12. The minimum absolute atomic E-state index is 0.257. The van der Waals surface area contributed by atoms with E-state index in [-0.39, 0.29) is 5.82 Å². The van der Waals surface area contributed by atoms with Crippen LogP contribution in [-0.2, 0) is 0 Å². The second-order valence-corrected chi connectivity index (χ2v) is 7.66. The molecule has 0 saturated carbocycles. The van der Waals surface area contributed by atoms with Gasteiger partial charge < -0.3 is 10.3 Å². The van der Waals surface area contributed by atoms with Gasteiger partial charge in [-0.05, 0) is 53.9 Å². The summed E-state index contributed by atoms with van der Waals surface area (Å²) in [6.45, 7) is 1.84. The number of rotatable bonds is 3. The van der Waals surface area contributed by atoms with Crippen LogP contribution in [0.5, 0.6) is 0 Å². The fraction of sp³-hybridized carbons (Fsp3) is 0.125. The Bertz CT molecular complexity index is 1460. The fourth-order valence-corrected chi connectivity index (χ4v) is 4.24. The Hall–Kier alpha value is -3.84. The van der Waals surface area contributed by atoms with Gasteiger partial charge in [0, 0.05) is 35.3 Å². The van der Waals surface area contributed by atoms with Crippen LogP contribution in [0.2, 0.25) is 0 Å². The van der Waals surface area contributed by atoms with Crippen molar-refractivity contribution in [3.63, 3.8) is 0 Å². The van der Waals surface area contributed by atoms with Gasteiger partial charge in [-0.15, -0.1) is 0 Å². The monoisotopic (exact) mass is 410 g/mol. The van der Waals surface area contributed by atoms with Crippen LogP contribution in [0.3, 0.4) is 0 Å². The van der Waals surface area contributed by atoms with Crippen LogP contribution in [0.4, 0.5) is 4.39 Å². The Morgan fingerprint density at radius 3 is 2.74 bits per heavy atom. The zero-order chi connectivity index (χ0) is 20.8. The molecule has 5 heterocycles. The molecule has 3 N–H and O–H groups in total. The number of fused-ring (bicyclic) bond motifs is 2. The number of pyridine rings is 2. The molecule has 7 heteroatoms. The van der Waals surface area contributed by atoms with Crippen LogP contribution in [-0.4, -0.2) is 38.2 Å². The number of nitrogens with zero attached hydrogens (tertiary/aromatic N) is 3. The van der Waals surface area contributed by atoms with E-state index in [9.17, 15) is 4.39 Å². The summed E-state index contributed by atoms with van der Waals surface area (Å²) in [7, 11) is 0. The van der Waals surface area contributed by atoms with Crippen molar-refractivity contribution in [2.75, 3.05) is 13.1 Å². The van der Waals surface area contributed by atoms with E-state index in [0.717, 1.165) is 58.4 Å². The quantitative estimate of drug-likeness (QED) is 0.403. The van der Waals surface area contributed by atoms with Gasteiger partial charge >= 0.3 is 0 Å². The molecule has 0 aliphatic carbocycles. The van der Waals surface area contributed by atoms with E-state index in [2.05, 4.69) is 42.6 Å². The van der Waals surface area contributed by atoms with Gasteiger partial charge in [-0.1, -0.05) is 24.3 Å². The molecule has 0 fully saturated rings. The van der Waals surface area contributed by atoms with E-state index in [0.29, 0.717) is 11.2 Å². The summed E-state index contributed by atoms with van der Waals surface area (Å²) >= 11 is 0. The van der Waals surface area contributed by atoms with E-state index in [1.165, 1.54) is 11.6 Å². The minimum Gasteiger partial charge on any atom is -0.338 e. The predicted octanol–water partition coefficient (Wildman–Crippen LogP) is 4.68. The van der Waals surface area contributed by atoms with Crippen molar-refractivity contribution in [2.45, 2.75) is 6.42 Å². The summed E-state index contributed by atoms with van der Waals surface area (Å²) in [5.41, 5.74) is 6.76. The molecule has 31 heavy (non-hydrogen) atoms. The third kappa shape index (κ3) is 3.02. The summed E-state index contributed by atoms with van der Waals surface area (Å²) in [6.07, 6.45) is 6.77. The lowest BCUT2D eigenvalue weighted by molar-refractivity contribution is 0.631. The molecule has 0 saturated heterocycles. The second kappa shape index (κ2) is 7.14. The minimum atomic E-state index is -0.257. The molecular formula is C24H19FN6. The summed E-state index contributed by atoms with van der Waals surface area (Å²) in [5, 5.41) is 12.7. The molecule has 5 aromatic rings. The van der Waals surface area contributed by atoms with Crippen LogP contribution in [0.1, 0.15) is 12.0 Å². The first-order chi connectivity index (χ1) is 15.3. The van der Waals surface area contributed by atoms with E-state index in [4.69, 9.17) is 0 Å². The average molecular weight is 410 g/mol. The highest BCUT2D eigenvalue weighted by Crippen LogP contribution is 2.34. The molecule has 6 rings (SSSR count). The first-order valence-corrected chi connectivity index (χ1v) is 10.3. The maximum atomic E-state index is 14.4. The zero-order valence-corrected chi connectivity index (χ0v) is 16.6. The Balaban J connectivity index is 1.50. The standard InChI is InChI=1S/C24H19FN6/c25-20-4-2-1-3-17(20)16-7-10-27-23-18(16)12-21(29-23)22-19-11-15(13-28-24(19)31-30-22)14-5-8-26-9-6-14/h1-5,7,10-13,26H,6,8-9H2,(H,27,29)(H,28,30,31). The van der Waals surface area contributed by atoms with Crippen molar-refractivity contribution in [3.8, 4) is 22.5 Å². The van der Waals surface area contributed by atoms with Gasteiger partial charge in [-0.2, -0.15) is 5.10 Å². The van der Waals surface area contributed by atoms with Crippen molar-refractivity contribution < 1.29 is 4.39 Å². The molecular weight excluding hydrogens is 391 g/mol. The lowest BCUT2D eigenvalue weighted by Crippen LogP contribution is -2.20. The number of benzene rings is 1. The Morgan fingerprint density at radius 2 is 1.87 bits per heavy atom. The maximum Gasteiger partial charge on any atom is 0.155 e. The Morgan fingerprint density at radius 1 is 0.935 bits per heavy atom. The lowest BCUT2D eigenvalue weighted by atomic mass is 10.0. The van der Waals surface area contributed by atoms with Crippen molar-refractivity contribution in [2.24, 2.45) is 0 Å². The van der Waals surface area contributed by atoms with E-state index >= 15 is 0 Å². The second-order valence-electron chi connectivity index (χ2n) is 7.66. The average Bonchev–Trinajstić information content (AvgIpc) is 3.43. The first-order valence-electron chi connectivity index (χ1n) is 10.3. The third-order valence-corrected chi connectivity index (χ3v) is 5.80. The summed E-state index contributed by atoms with van der Waals surface area (Å²) in [5.74, 6) is -0.257. The van der Waals surface area contributed by atoms with E-state index in [1.54, 1.807) is 18.3 Å². The molecule has 0 spiro atoms. The summed E-state index contributed by atoms with van der Waals surface area (Å²) < 4.78 is 14.4. The molecule has 0 unspecified atom stereocenters. The van der Waals surface area contributed by atoms with Crippen molar-refractivity contribution in [3.05, 3.63) is 72.3 Å². The number of aromatic nitrogens is 5. The molecule has 0 radical (unpaired) electrons. The van der Waals surface area contributed by atoms with Crippen LogP contribution in [0.25, 0.3) is 50.2 Å². The first kappa shape index (κ1) is 18.0. The highest BCUT2D eigenvalue weighted by atomic mass is 19.1. The van der Waals surface area contributed by atoms with Gasteiger partial charge in [-0.3, -0.25) is 5.10 Å². The van der Waals surface area contributed by atoms with Gasteiger partial charge in [0.2, 0.25) is 0 Å². The zero-order valence-electron chi connectivity index (χ0n) is 16.6. The largest absolute Gasteiger partial charge is 0.338 e. The van der Waals surface area contributed by atoms with Crippen molar-refractivity contribution in [1.82, 2.24) is 30.5 Å². The Kier molecular flexibility index (Phi) is 4.14. The van der Waals surface area contributed by atoms with E-state index in [1.807, 2.05) is 24.4 Å². The molecule has 1 aromatic carbocycles. The Labute approximate surface area is 177 Å². The number of nitrogens with one attached hydrogen (secondary N) is 3. The van der Waals surface area contributed by atoms with Gasteiger partial charge in [0.1, 0.15) is 17.2 Å². The van der Waals surface area contributed by atoms with Gasteiger partial charge in [-0.25, -0.2) is 14.4 Å². The lowest BCUT2D eigenvalue weighted by Gasteiger charge is -2.13. The number of H-pyrrole nitrogens is 2. The molecule has 6 nitrogen and oxygen atoms in total. The van der Waals surface area contributed by atoms with Crippen LogP contribution >= 0.6 is 0 Å². The number of hydrogen-bond acceptors (Lipinski definition) is 4. The molecule has 0 atom stereocenters.